The fourth-order valence-corrected chi connectivity index (χ4v) is 4.21. The van der Waals surface area contributed by atoms with Crippen molar-refractivity contribution >= 4 is 28.1 Å². The number of aromatic nitrogens is 2. The number of ether oxygens (including phenoxy) is 2. The van der Waals surface area contributed by atoms with E-state index in [4.69, 9.17) is 14.5 Å². The predicted molar refractivity (Wildman–Crippen MR) is 132 cm³/mol. The van der Waals surface area contributed by atoms with E-state index < -0.39 is 0 Å². The van der Waals surface area contributed by atoms with Crippen LogP contribution in [0.25, 0.3) is 10.9 Å². The zero-order valence-electron chi connectivity index (χ0n) is 18.8. The Labute approximate surface area is 193 Å². The minimum atomic E-state index is 0.655. The van der Waals surface area contributed by atoms with E-state index in [9.17, 15) is 0 Å². The van der Waals surface area contributed by atoms with Gasteiger partial charge in [-0.15, -0.1) is 0 Å². The molecule has 166 valence electrons. The highest BCUT2D eigenvalue weighted by atomic mass is 16.5. The summed E-state index contributed by atoms with van der Waals surface area (Å²) in [4.78, 5) is 13.6. The second-order valence-electron chi connectivity index (χ2n) is 8.10. The maximum absolute atomic E-state index is 5.43. The van der Waals surface area contributed by atoms with E-state index in [1.165, 1.54) is 22.4 Å². The number of benzene rings is 3. The number of anilines is 1. The molecule has 0 atom stereocenters. The lowest BCUT2D eigenvalue weighted by Gasteiger charge is -2.12. The molecule has 0 amide bonds. The summed E-state index contributed by atoms with van der Waals surface area (Å²) in [7, 11) is 3.25. The lowest BCUT2D eigenvalue weighted by Crippen LogP contribution is -2.08. The summed E-state index contributed by atoms with van der Waals surface area (Å²) >= 11 is 0. The Hall–Kier alpha value is -3.93. The fourth-order valence-electron chi connectivity index (χ4n) is 4.21. The van der Waals surface area contributed by atoms with Crippen molar-refractivity contribution in [3.63, 3.8) is 0 Å². The monoisotopic (exact) mass is 438 g/mol. The molecule has 1 aliphatic heterocycles. The van der Waals surface area contributed by atoms with Gasteiger partial charge in [0.25, 0.3) is 0 Å². The van der Waals surface area contributed by atoms with Crippen molar-refractivity contribution in [3.8, 4) is 11.5 Å². The summed E-state index contributed by atoms with van der Waals surface area (Å²) in [5.74, 6) is 2.10. The molecule has 0 spiro atoms. The molecule has 5 rings (SSSR count). The molecule has 0 saturated carbocycles. The van der Waals surface area contributed by atoms with Gasteiger partial charge >= 0.3 is 0 Å². The molecule has 33 heavy (non-hydrogen) atoms. The number of hydrogen-bond donors (Lipinski definition) is 1. The Morgan fingerprint density at radius 3 is 2.42 bits per heavy atom. The lowest BCUT2D eigenvalue weighted by atomic mass is 10.0. The van der Waals surface area contributed by atoms with E-state index >= 15 is 0 Å². The van der Waals surface area contributed by atoms with E-state index in [1.807, 2.05) is 18.2 Å². The molecule has 0 fully saturated rings. The number of methoxy groups -OCH3 is 2. The summed E-state index contributed by atoms with van der Waals surface area (Å²) in [5.41, 5.74) is 7.05. The molecule has 0 radical (unpaired) electrons. The highest BCUT2D eigenvalue weighted by Gasteiger charge is 2.14. The van der Waals surface area contributed by atoms with Crippen LogP contribution in [0, 0.1) is 0 Å². The molecule has 0 aliphatic carbocycles. The number of rotatable bonds is 8. The normalized spacial score (nSPS) is 12.4. The van der Waals surface area contributed by atoms with Crippen molar-refractivity contribution < 1.29 is 9.47 Å². The van der Waals surface area contributed by atoms with Gasteiger partial charge < -0.3 is 14.8 Å². The number of para-hydroxylation sites is 1. The first-order valence-electron chi connectivity index (χ1n) is 11.1. The number of nitrogens with one attached hydrogen (secondary N) is 1. The van der Waals surface area contributed by atoms with Gasteiger partial charge in [-0.3, -0.25) is 4.99 Å². The average molecular weight is 439 g/mol. The van der Waals surface area contributed by atoms with Gasteiger partial charge in [0.05, 0.1) is 25.4 Å². The van der Waals surface area contributed by atoms with Gasteiger partial charge in [0.2, 0.25) is 0 Å². The quantitative estimate of drug-likeness (QED) is 0.411. The first-order chi connectivity index (χ1) is 16.2. The maximum atomic E-state index is 5.43. The van der Waals surface area contributed by atoms with Crippen LogP contribution in [0.3, 0.4) is 0 Å². The van der Waals surface area contributed by atoms with Crippen molar-refractivity contribution in [2.24, 2.45) is 4.99 Å². The van der Waals surface area contributed by atoms with E-state index in [2.05, 4.69) is 57.7 Å². The Bertz CT molecular complexity index is 1320. The Kier molecular flexibility index (Phi) is 5.89. The molecule has 6 nitrogen and oxygen atoms in total. The third-order valence-electron chi connectivity index (χ3n) is 5.94. The highest BCUT2D eigenvalue weighted by Crippen LogP contribution is 2.33. The smallest absolute Gasteiger partial charge is 0.162 e. The average Bonchev–Trinajstić information content (AvgIpc) is 3.26. The Morgan fingerprint density at radius 2 is 1.64 bits per heavy atom. The molecule has 0 saturated heterocycles. The first kappa shape index (κ1) is 20.9. The van der Waals surface area contributed by atoms with Gasteiger partial charge in [-0.05, 0) is 35.2 Å². The van der Waals surface area contributed by atoms with Crippen LogP contribution in [0.2, 0.25) is 0 Å². The molecule has 2 heterocycles. The van der Waals surface area contributed by atoms with Crippen LogP contribution in [0.1, 0.15) is 16.7 Å². The van der Waals surface area contributed by atoms with Gasteiger partial charge in [-0.25, -0.2) is 9.97 Å². The topological polar surface area (TPSA) is 68.6 Å². The predicted octanol–water partition coefficient (Wildman–Crippen LogP) is 5.17. The van der Waals surface area contributed by atoms with E-state index in [1.54, 1.807) is 20.5 Å². The van der Waals surface area contributed by atoms with Crippen molar-refractivity contribution in [2.75, 3.05) is 26.1 Å². The largest absolute Gasteiger partial charge is 0.493 e. The number of fused-ring (bicyclic) bond motifs is 2. The minimum Gasteiger partial charge on any atom is -0.493 e. The highest BCUT2D eigenvalue weighted by molar-refractivity contribution is 5.95. The van der Waals surface area contributed by atoms with Crippen LogP contribution in [-0.2, 0) is 19.3 Å². The Morgan fingerprint density at radius 1 is 0.879 bits per heavy atom. The fraction of sp³-hybridized carbons (Fsp3) is 0.222. The van der Waals surface area contributed by atoms with Crippen LogP contribution in [0.4, 0.5) is 11.5 Å². The van der Waals surface area contributed by atoms with Gasteiger partial charge in [0.15, 0.2) is 11.5 Å². The molecule has 6 heteroatoms. The number of hydrogen-bond acceptors (Lipinski definition) is 6. The van der Waals surface area contributed by atoms with Crippen LogP contribution in [0.15, 0.2) is 72.0 Å². The second-order valence-corrected chi connectivity index (χ2v) is 8.10. The second kappa shape index (κ2) is 9.28. The molecular formula is C27H26N4O2. The van der Waals surface area contributed by atoms with Crippen LogP contribution >= 0.6 is 0 Å². The number of aliphatic imine (C=N–C) groups is 1. The summed E-state index contributed by atoms with van der Waals surface area (Å²) in [5, 5.41) is 4.35. The van der Waals surface area contributed by atoms with Crippen LogP contribution < -0.4 is 14.8 Å². The van der Waals surface area contributed by atoms with Gasteiger partial charge in [0.1, 0.15) is 12.1 Å². The van der Waals surface area contributed by atoms with Gasteiger partial charge in [0, 0.05) is 36.6 Å². The molecular weight excluding hydrogens is 412 g/mol. The maximum Gasteiger partial charge on any atom is 0.162 e. The van der Waals surface area contributed by atoms with Crippen LogP contribution in [0.5, 0.6) is 11.5 Å². The summed E-state index contributed by atoms with van der Waals surface area (Å²) in [6, 6.07) is 21.0. The summed E-state index contributed by atoms with van der Waals surface area (Å²) in [6.45, 7) is 0.766. The molecule has 1 aromatic heterocycles. The number of nitrogens with zero attached hydrogens (tertiary/aromatic N) is 3. The molecule has 1 N–H and O–H groups in total. The van der Waals surface area contributed by atoms with Crippen molar-refractivity contribution in [2.45, 2.75) is 19.3 Å². The molecule has 0 unspecified atom stereocenters. The van der Waals surface area contributed by atoms with E-state index in [-0.39, 0.29) is 0 Å². The lowest BCUT2D eigenvalue weighted by molar-refractivity contribution is 0.356. The zero-order chi connectivity index (χ0) is 22.6. The third-order valence-corrected chi connectivity index (χ3v) is 5.94. The summed E-state index contributed by atoms with van der Waals surface area (Å²) < 4.78 is 10.8. The van der Waals surface area contributed by atoms with Crippen LogP contribution in [-0.4, -0.2) is 36.4 Å². The molecule has 1 aliphatic rings. The van der Waals surface area contributed by atoms with E-state index in [0.717, 1.165) is 48.2 Å². The SMILES string of the molecule is COc1cc2ncnc(NCCc3ccc(CC4=Nc5ccccc5C4)cc3)c2cc1OC. The zero-order valence-corrected chi connectivity index (χ0v) is 18.8. The molecule has 3 aromatic carbocycles. The van der Waals surface area contributed by atoms with Crippen molar-refractivity contribution in [1.82, 2.24) is 9.97 Å². The first-order valence-corrected chi connectivity index (χ1v) is 11.1. The molecule has 0 bridgehead atoms. The van der Waals surface area contributed by atoms with Gasteiger partial charge in [-0.2, -0.15) is 0 Å². The van der Waals surface area contributed by atoms with Gasteiger partial charge in [-0.1, -0.05) is 42.5 Å². The standard InChI is InChI=1S/C27H26N4O2/c1-32-25-15-22-24(16-26(25)33-2)29-17-30-27(22)28-12-11-18-7-9-19(10-8-18)13-21-14-20-5-3-4-6-23(20)31-21/h3-10,15-17H,11-14H2,1-2H3,(H,28,29,30). The van der Waals surface area contributed by atoms with Crippen molar-refractivity contribution in [3.05, 3.63) is 83.7 Å². The third kappa shape index (κ3) is 4.51. The minimum absolute atomic E-state index is 0.655. The van der Waals surface area contributed by atoms with Crippen molar-refractivity contribution in [1.29, 1.82) is 0 Å². The Balaban J connectivity index is 1.21. The summed E-state index contributed by atoms with van der Waals surface area (Å²) in [6.07, 6.45) is 4.30. The molecule has 4 aromatic rings. The van der Waals surface area contributed by atoms with E-state index in [0.29, 0.717) is 11.5 Å².